The molecule has 3 aromatic carbocycles. The molecule has 1 heterocycles. The van der Waals surface area contributed by atoms with Crippen LogP contribution in [0.5, 0.6) is 34.5 Å². The number of β-lactam (4-membered cyclic amide) rings is 1. The van der Waals surface area contributed by atoms with Gasteiger partial charge in [0.1, 0.15) is 17.5 Å². The minimum absolute atomic E-state index is 0.0123. The number of methoxy groups -OCH3 is 4. The molecule has 1 aliphatic rings. The maximum absolute atomic E-state index is 13.7. The number of amides is 1. The van der Waals surface area contributed by atoms with Crippen molar-refractivity contribution >= 4 is 19.9 Å². The second-order valence-corrected chi connectivity index (χ2v) is 15.9. The largest absolute Gasteiger partial charge is 0.541 e. The molecule has 0 aliphatic carbocycles. The average Bonchev–Trinajstić information content (AvgIpc) is 2.93. The monoisotopic (exact) mass is 565 g/mol. The highest BCUT2D eigenvalue weighted by Crippen LogP contribution is 2.49. The van der Waals surface area contributed by atoms with Crippen LogP contribution in [0.15, 0.2) is 60.7 Å². The summed E-state index contributed by atoms with van der Waals surface area (Å²) in [5.74, 6) is 3.06. The molecule has 9 heteroatoms. The van der Waals surface area contributed by atoms with Crippen LogP contribution in [0.2, 0.25) is 18.1 Å². The highest BCUT2D eigenvalue weighted by molar-refractivity contribution is 6.74. The number of carbonyl (C=O) groups is 1. The Hall–Kier alpha value is -3.85. The molecule has 1 fully saturated rings. The fourth-order valence-corrected chi connectivity index (χ4v) is 5.44. The summed E-state index contributed by atoms with van der Waals surface area (Å²) in [5, 5.41) is -0.0123. The van der Waals surface area contributed by atoms with Gasteiger partial charge in [0, 0.05) is 12.1 Å². The van der Waals surface area contributed by atoms with E-state index in [1.165, 1.54) is 0 Å². The molecular weight excluding hydrogens is 526 g/mol. The molecule has 1 saturated heterocycles. The van der Waals surface area contributed by atoms with E-state index in [1.54, 1.807) is 45.5 Å². The molecule has 0 aromatic heterocycles. The third-order valence-electron chi connectivity index (χ3n) is 7.68. The van der Waals surface area contributed by atoms with Crippen LogP contribution in [0.1, 0.15) is 32.4 Å². The molecule has 0 spiro atoms. The number of benzene rings is 3. The van der Waals surface area contributed by atoms with Crippen molar-refractivity contribution in [2.75, 3.05) is 33.3 Å². The van der Waals surface area contributed by atoms with E-state index in [4.69, 9.17) is 28.1 Å². The SMILES string of the molecule is COc1ccc(C2C(Oc3ccccc3)C(=O)N2c2cc(OC)c(OC)c(OC)c2)cc1O[Si](C)(C)C(C)(C)C. The molecule has 0 radical (unpaired) electrons. The Bertz CT molecular complexity index is 1330. The highest BCUT2D eigenvalue weighted by Gasteiger charge is 2.52. The number of ether oxygens (including phenoxy) is 5. The Morgan fingerprint density at radius 1 is 0.750 bits per heavy atom. The van der Waals surface area contributed by atoms with Gasteiger partial charge < -0.3 is 28.1 Å². The first kappa shape index (κ1) is 29.1. The van der Waals surface area contributed by atoms with Gasteiger partial charge in [-0.15, -0.1) is 0 Å². The van der Waals surface area contributed by atoms with Gasteiger partial charge in [-0.1, -0.05) is 45.0 Å². The number of hydrogen-bond donors (Lipinski definition) is 0. The first-order valence-electron chi connectivity index (χ1n) is 13.2. The van der Waals surface area contributed by atoms with E-state index < -0.39 is 20.5 Å². The van der Waals surface area contributed by atoms with Gasteiger partial charge in [0.15, 0.2) is 17.2 Å². The lowest BCUT2D eigenvalue weighted by Gasteiger charge is -2.47. The van der Waals surface area contributed by atoms with E-state index in [-0.39, 0.29) is 10.9 Å². The van der Waals surface area contributed by atoms with Crippen LogP contribution in [0.4, 0.5) is 5.69 Å². The van der Waals surface area contributed by atoms with Gasteiger partial charge in [0.2, 0.25) is 11.9 Å². The molecule has 1 amide bonds. The molecule has 0 N–H and O–H groups in total. The predicted octanol–water partition coefficient (Wildman–Crippen LogP) is 6.64. The maximum Gasteiger partial charge on any atom is 0.271 e. The Labute approximate surface area is 237 Å². The highest BCUT2D eigenvalue weighted by atomic mass is 28.4. The zero-order chi connectivity index (χ0) is 29.2. The summed E-state index contributed by atoms with van der Waals surface area (Å²) >= 11 is 0. The molecule has 4 rings (SSSR count). The first-order chi connectivity index (χ1) is 18.9. The third kappa shape index (κ3) is 5.43. The molecule has 8 nitrogen and oxygen atoms in total. The Morgan fingerprint density at radius 2 is 1.35 bits per heavy atom. The molecule has 2 atom stereocenters. The van der Waals surface area contributed by atoms with E-state index in [2.05, 4.69) is 33.9 Å². The van der Waals surface area contributed by atoms with Crippen molar-refractivity contribution in [2.24, 2.45) is 0 Å². The van der Waals surface area contributed by atoms with Crippen LogP contribution >= 0.6 is 0 Å². The molecule has 214 valence electrons. The van der Waals surface area contributed by atoms with Crippen molar-refractivity contribution in [3.8, 4) is 34.5 Å². The van der Waals surface area contributed by atoms with E-state index in [0.29, 0.717) is 40.2 Å². The van der Waals surface area contributed by atoms with Crippen LogP contribution < -0.4 is 33.0 Å². The van der Waals surface area contributed by atoms with Crippen LogP contribution in [0.3, 0.4) is 0 Å². The lowest BCUT2D eigenvalue weighted by molar-refractivity contribution is -0.135. The van der Waals surface area contributed by atoms with Gasteiger partial charge in [0.25, 0.3) is 14.2 Å². The zero-order valence-corrected chi connectivity index (χ0v) is 25.7. The van der Waals surface area contributed by atoms with Crippen molar-refractivity contribution in [3.63, 3.8) is 0 Å². The third-order valence-corrected chi connectivity index (χ3v) is 12.0. The Kier molecular flexibility index (Phi) is 8.25. The fraction of sp³-hybridized carbons (Fsp3) is 0.387. The Morgan fingerprint density at radius 3 is 1.88 bits per heavy atom. The Balaban J connectivity index is 1.82. The molecular formula is C31H39NO7Si. The van der Waals surface area contributed by atoms with Gasteiger partial charge in [-0.05, 0) is 48.0 Å². The van der Waals surface area contributed by atoms with Gasteiger partial charge in [-0.2, -0.15) is 0 Å². The summed E-state index contributed by atoms with van der Waals surface area (Å²) in [6.07, 6.45) is -0.754. The summed E-state index contributed by atoms with van der Waals surface area (Å²) in [5.41, 5.74) is 1.45. The quantitative estimate of drug-likeness (QED) is 0.201. The number of anilines is 1. The second-order valence-electron chi connectivity index (χ2n) is 11.2. The van der Waals surface area contributed by atoms with Crippen molar-refractivity contribution in [1.29, 1.82) is 0 Å². The lowest BCUT2D eigenvalue weighted by atomic mass is 9.89. The normalized spacial score (nSPS) is 17.1. The molecule has 40 heavy (non-hydrogen) atoms. The van der Waals surface area contributed by atoms with Crippen LogP contribution in [0.25, 0.3) is 0 Å². The molecule has 2 unspecified atom stereocenters. The van der Waals surface area contributed by atoms with E-state index in [0.717, 1.165) is 5.56 Å². The molecule has 3 aromatic rings. The van der Waals surface area contributed by atoms with Gasteiger partial charge >= 0.3 is 0 Å². The summed E-state index contributed by atoms with van der Waals surface area (Å²) in [6.45, 7) is 11.0. The van der Waals surface area contributed by atoms with Crippen LogP contribution in [-0.4, -0.2) is 48.8 Å². The summed E-state index contributed by atoms with van der Waals surface area (Å²) in [7, 11) is 4.08. The van der Waals surface area contributed by atoms with Gasteiger partial charge in [-0.25, -0.2) is 0 Å². The molecule has 0 saturated carbocycles. The number of rotatable bonds is 10. The standard InChI is InChI=1S/C31H39NO7Si/c1-31(2,3)40(8,9)39-24-17-20(15-16-23(24)34-4)27-29(38-22-13-11-10-12-14-22)30(33)32(27)21-18-25(35-5)28(37-7)26(19-21)36-6/h10-19,27,29H,1-9H3. The van der Waals surface area contributed by atoms with E-state index in [9.17, 15) is 4.79 Å². The van der Waals surface area contributed by atoms with E-state index in [1.807, 2.05) is 48.5 Å². The number of hydrogen-bond acceptors (Lipinski definition) is 7. The fourth-order valence-electron chi connectivity index (χ4n) is 4.43. The van der Waals surface area contributed by atoms with Crippen molar-refractivity contribution < 1.29 is 32.9 Å². The van der Waals surface area contributed by atoms with Crippen molar-refractivity contribution in [3.05, 3.63) is 66.2 Å². The van der Waals surface area contributed by atoms with Crippen LogP contribution in [0, 0.1) is 0 Å². The molecule has 1 aliphatic heterocycles. The van der Waals surface area contributed by atoms with Gasteiger partial charge in [-0.3, -0.25) is 9.69 Å². The lowest BCUT2D eigenvalue weighted by Crippen LogP contribution is -2.61. The van der Waals surface area contributed by atoms with Crippen molar-refractivity contribution in [2.45, 2.75) is 51.0 Å². The van der Waals surface area contributed by atoms with Crippen LogP contribution in [-0.2, 0) is 4.79 Å². The van der Waals surface area contributed by atoms with Gasteiger partial charge in [0.05, 0.1) is 34.1 Å². The van der Waals surface area contributed by atoms with E-state index >= 15 is 0 Å². The predicted molar refractivity (Wildman–Crippen MR) is 158 cm³/mol. The topological polar surface area (TPSA) is 75.7 Å². The summed E-state index contributed by atoms with van der Waals surface area (Å²) in [4.78, 5) is 15.4. The number of para-hydroxylation sites is 1. The maximum atomic E-state index is 13.7. The smallest absolute Gasteiger partial charge is 0.271 e. The number of carbonyl (C=O) groups excluding carboxylic acids is 1. The first-order valence-corrected chi connectivity index (χ1v) is 16.1. The number of nitrogens with zero attached hydrogens (tertiary/aromatic N) is 1. The zero-order valence-electron chi connectivity index (χ0n) is 24.7. The summed E-state index contributed by atoms with van der Waals surface area (Å²) < 4.78 is 35.2. The van der Waals surface area contributed by atoms with Crippen molar-refractivity contribution in [1.82, 2.24) is 0 Å². The minimum Gasteiger partial charge on any atom is -0.541 e. The molecule has 0 bridgehead atoms. The average molecular weight is 566 g/mol. The summed E-state index contributed by atoms with van der Waals surface area (Å²) in [6, 6.07) is 18.2. The minimum atomic E-state index is -2.19. The second kappa shape index (κ2) is 11.3.